The lowest BCUT2D eigenvalue weighted by Crippen LogP contribution is -1.69. The van der Waals surface area contributed by atoms with Crippen LogP contribution in [0.5, 0.6) is 0 Å². The van der Waals surface area contributed by atoms with Crippen molar-refractivity contribution in [3.63, 3.8) is 0 Å². The molecule has 50 valence electrons. The van der Waals surface area contributed by atoms with Gasteiger partial charge < -0.3 is 0 Å². The summed E-state index contributed by atoms with van der Waals surface area (Å²) in [5.74, 6) is 0. The predicted octanol–water partition coefficient (Wildman–Crippen LogP) is 2.78. The molecular formula is C10H10. The van der Waals surface area contributed by atoms with Crippen LogP contribution in [0.15, 0.2) is 60.8 Å². The standard InChI is InChI=1S/C10H10/c1-2-10-8-6-4-3-5-7-9-10/h2-9H,1H2/b4-3-,5-3?,6-4?,7-5-,8-6-,9-7?,10-8?,10-9-. The van der Waals surface area contributed by atoms with Crippen LogP contribution in [-0.4, -0.2) is 0 Å². The van der Waals surface area contributed by atoms with Crippen LogP contribution in [0.25, 0.3) is 0 Å². The van der Waals surface area contributed by atoms with E-state index in [0.29, 0.717) is 0 Å². The van der Waals surface area contributed by atoms with Crippen LogP contribution in [0.3, 0.4) is 0 Å². The van der Waals surface area contributed by atoms with Gasteiger partial charge in [0.05, 0.1) is 0 Å². The monoisotopic (exact) mass is 130 g/mol. The highest BCUT2D eigenvalue weighted by Crippen LogP contribution is 2.00. The summed E-state index contributed by atoms with van der Waals surface area (Å²) in [6.07, 6.45) is 15.8. The molecule has 0 amide bonds. The first kappa shape index (κ1) is 6.81. The van der Waals surface area contributed by atoms with Crippen LogP contribution in [0.4, 0.5) is 0 Å². The molecule has 1 rings (SSSR count). The Hall–Kier alpha value is -1.30. The van der Waals surface area contributed by atoms with Crippen molar-refractivity contribution in [1.29, 1.82) is 0 Å². The van der Waals surface area contributed by atoms with E-state index in [9.17, 15) is 0 Å². The molecule has 0 aliphatic heterocycles. The first-order valence-electron chi connectivity index (χ1n) is 3.27. The van der Waals surface area contributed by atoms with Crippen molar-refractivity contribution in [1.82, 2.24) is 0 Å². The van der Waals surface area contributed by atoms with Gasteiger partial charge in [0.1, 0.15) is 0 Å². The van der Waals surface area contributed by atoms with Gasteiger partial charge in [0.2, 0.25) is 0 Å². The minimum absolute atomic E-state index is 1.14. The Balaban J connectivity index is 2.82. The first-order valence-corrected chi connectivity index (χ1v) is 3.27. The Bertz CT molecular complexity index is 224. The second-order valence-electron chi connectivity index (χ2n) is 2.00. The quantitative estimate of drug-likeness (QED) is 0.512. The van der Waals surface area contributed by atoms with Gasteiger partial charge >= 0.3 is 0 Å². The molecule has 0 atom stereocenters. The van der Waals surface area contributed by atoms with Crippen molar-refractivity contribution < 1.29 is 0 Å². The molecule has 0 heterocycles. The highest BCUT2D eigenvalue weighted by molar-refractivity contribution is 5.36. The molecule has 0 heteroatoms. The second-order valence-corrected chi connectivity index (χ2v) is 2.00. The maximum Gasteiger partial charge on any atom is -0.0263 e. The summed E-state index contributed by atoms with van der Waals surface area (Å²) in [6, 6.07) is 0. The van der Waals surface area contributed by atoms with Gasteiger partial charge in [-0.15, -0.1) is 0 Å². The fourth-order valence-corrected chi connectivity index (χ4v) is 0.717. The molecule has 10 heavy (non-hydrogen) atoms. The van der Waals surface area contributed by atoms with E-state index in [1.807, 2.05) is 48.6 Å². The van der Waals surface area contributed by atoms with Gasteiger partial charge in [0.15, 0.2) is 0 Å². The zero-order chi connectivity index (χ0) is 7.23. The molecule has 0 radical (unpaired) electrons. The van der Waals surface area contributed by atoms with E-state index in [1.165, 1.54) is 0 Å². The predicted molar refractivity (Wildman–Crippen MR) is 45.7 cm³/mol. The average molecular weight is 130 g/mol. The largest absolute Gasteiger partial charge is 0.0985 e. The third kappa shape index (κ3) is 1.90. The number of rotatable bonds is 1. The molecule has 0 aromatic heterocycles. The molecule has 0 bridgehead atoms. The topological polar surface area (TPSA) is 0 Å². The lowest BCUT2D eigenvalue weighted by molar-refractivity contribution is 1.67. The van der Waals surface area contributed by atoms with Crippen LogP contribution in [0.1, 0.15) is 0 Å². The summed E-state index contributed by atoms with van der Waals surface area (Å²) < 4.78 is 0. The fraction of sp³-hybridized carbons (Fsp3) is 0. The molecule has 0 aromatic rings. The van der Waals surface area contributed by atoms with E-state index < -0.39 is 0 Å². The third-order valence-corrected chi connectivity index (χ3v) is 1.26. The van der Waals surface area contributed by atoms with Crippen LogP contribution in [0, 0.1) is 0 Å². The highest BCUT2D eigenvalue weighted by Gasteiger charge is 1.80. The Morgan fingerprint density at radius 3 is 2.50 bits per heavy atom. The number of hydrogen-bond acceptors (Lipinski definition) is 0. The molecule has 1 aliphatic rings. The van der Waals surface area contributed by atoms with Crippen molar-refractivity contribution in [3.8, 4) is 0 Å². The Morgan fingerprint density at radius 1 is 1.00 bits per heavy atom. The summed E-state index contributed by atoms with van der Waals surface area (Å²) in [5.41, 5.74) is 1.14. The van der Waals surface area contributed by atoms with E-state index >= 15 is 0 Å². The van der Waals surface area contributed by atoms with Crippen LogP contribution < -0.4 is 0 Å². The summed E-state index contributed by atoms with van der Waals surface area (Å²) in [7, 11) is 0. The first-order chi connectivity index (χ1) is 4.93. The third-order valence-electron chi connectivity index (χ3n) is 1.26. The molecule has 0 fully saturated rings. The van der Waals surface area contributed by atoms with Gasteiger partial charge in [-0.3, -0.25) is 0 Å². The SMILES string of the molecule is C=CC1=C/C=C\C=C/C=C\1. The van der Waals surface area contributed by atoms with E-state index in [-0.39, 0.29) is 0 Å². The Labute approximate surface area is 61.6 Å². The van der Waals surface area contributed by atoms with Gasteiger partial charge in [-0.05, 0) is 5.57 Å². The van der Waals surface area contributed by atoms with Gasteiger partial charge in [0, 0.05) is 0 Å². The van der Waals surface area contributed by atoms with E-state index in [2.05, 4.69) is 6.58 Å². The van der Waals surface area contributed by atoms with Crippen LogP contribution >= 0.6 is 0 Å². The number of hydrogen-bond donors (Lipinski definition) is 0. The van der Waals surface area contributed by atoms with Crippen molar-refractivity contribution in [2.45, 2.75) is 0 Å². The lowest BCUT2D eigenvalue weighted by atomic mass is 10.2. The van der Waals surface area contributed by atoms with E-state index in [4.69, 9.17) is 0 Å². The van der Waals surface area contributed by atoms with Gasteiger partial charge in [-0.1, -0.05) is 55.2 Å². The Morgan fingerprint density at radius 2 is 1.70 bits per heavy atom. The molecule has 0 spiro atoms. The molecule has 0 saturated heterocycles. The van der Waals surface area contributed by atoms with Crippen LogP contribution in [-0.2, 0) is 0 Å². The zero-order valence-corrected chi connectivity index (χ0v) is 5.83. The zero-order valence-electron chi connectivity index (χ0n) is 5.83. The lowest BCUT2D eigenvalue weighted by Gasteiger charge is -1.89. The smallest absolute Gasteiger partial charge is 0.0263 e. The minimum atomic E-state index is 1.14. The van der Waals surface area contributed by atoms with E-state index in [0.717, 1.165) is 5.57 Å². The van der Waals surface area contributed by atoms with Crippen LogP contribution in [0.2, 0.25) is 0 Å². The summed E-state index contributed by atoms with van der Waals surface area (Å²) >= 11 is 0. The molecule has 1 aliphatic carbocycles. The molecule has 0 unspecified atom stereocenters. The van der Waals surface area contributed by atoms with Gasteiger partial charge in [-0.25, -0.2) is 0 Å². The molecule has 0 aromatic carbocycles. The van der Waals surface area contributed by atoms with Gasteiger partial charge in [0.25, 0.3) is 0 Å². The fourth-order valence-electron chi connectivity index (χ4n) is 0.717. The van der Waals surface area contributed by atoms with Crippen molar-refractivity contribution in [3.05, 3.63) is 60.8 Å². The maximum absolute atomic E-state index is 3.68. The normalized spacial score (nSPS) is 30.6. The summed E-state index contributed by atoms with van der Waals surface area (Å²) in [5, 5.41) is 0. The maximum atomic E-state index is 3.68. The van der Waals surface area contributed by atoms with Gasteiger partial charge in [-0.2, -0.15) is 0 Å². The summed E-state index contributed by atoms with van der Waals surface area (Å²) in [4.78, 5) is 0. The molecule has 0 saturated carbocycles. The van der Waals surface area contributed by atoms with Crippen molar-refractivity contribution in [2.24, 2.45) is 0 Å². The summed E-state index contributed by atoms with van der Waals surface area (Å²) in [6.45, 7) is 3.68. The number of allylic oxidation sites excluding steroid dienone is 9. The average Bonchev–Trinajstić information content (AvgIpc) is 1.87. The molecule has 0 N–H and O–H groups in total. The second kappa shape index (κ2) is 3.67. The molecular weight excluding hydrogens is 120 g/mol. The highest BCUT2D eigenvalue weighted by atomic mass is 13.9. The minimum Gasteiger partial charge on any atom is -0.0985 e. The van der Waals surface area contributed by atoms with E-state index in [1.54, 1.807) is 0 Å². The van der Waals surface area contributed by atoms with Crippen molar-refractivity contribution in [2.75, 3.05) is 0 Å². The van der Waals surface area contributed by atoms with Crippen molar-refractivity contribution >= 4 is 0 Å². The molecule has 0 nitrogen and oxygen atoms in total. The Kier molecular flexibility index (Phi) is 2.50.